The summed E-state index contributed by atoms with van der Waals surface area (Å²) in [5, 5.41) is -0.338. The van der Waals surface area contributed by atoms with Crippen LogP contribution < -0.4 is 4.72 Å². The Hall–Kier alpha value is -0.430. The average molecular weight is 374 g/mol. The monoisotopic (exact) mass is 373 g/mol. The van der Waals surface area contributed by atoms with E-state index in [9.17, 15) is 8.42 Å². The Morgan fingerprint density at radius 2 is 1.90 bits per heavy atom. The minimum Gasteiger partial charge on any atom is -0.381 e. The molecule has 1 N–H and O–H groups in total. The van der Waals surface area contributed by atoms with Crippen molar-refractivity contribution < 1.29 is 13.2 Å². The molecule has 0 aromatic heterocycles. The molecule has 1 aromatic rings. The quantitative estimate of drug-likeness (QED) is 0.862. The molecule has 0 radical (unpaired) electrons. The molecule has 1 saturated heterocycles. The highest BCUT2D eigenvalue weighted by Crippen LogP contribution is 2.28. The number of halogens is 1. The second kappa shape index (κ2) is 6.36. The number of benzene rings is 1. The molecule has 2 aliphatic rings. The number of hydrogen-bond donors (Lipinski definition) is 1. The first kappa shape index (κ1) is 15.5. The predicted molar refractivity (Wildman–Crippen MR) is 85.6 cm³/mol. The molecule has 0 amide bonds. The molecule has 2 atom stereocenters. The van der Waals surface area contributed by atoms with Gasteiger partial charge in [0.25, 0.3) is 0 Å². The fourth-order valence-corrected chi connectivity index (χ4v) is 5.05. The van der Waals surface area contributed by atoms with Gasteiger partial charge in [-0.2, -0.15) is 0 Å². The topological polar surface area (TPSA) is 55.4 Å². The van der Waals surface area contributed by atoms with E-state index >= 15 is 0 Å². The molecular weight excluding hydrogens is 354 g/mol. The zero-order valence-electron chi connectivity index (χ0n) is 11.8. The molecule has 116 valence electrons. The van der Waals surface area contributed by atoms with Gasteiger partial charge in [0.05, 0.1) is 11.9 Å². The molecule has 1 heterocycles. The molecule has 1 aromatic carbocycles. The second-order valence-corrected chi connectivity index (χ2v) is 8.78. The van der Waals surface area contributed by atoms with Gasteiger partial charge in [0, 0.05) is 23.0 Å². The molecule has 3 rings (SSSR count). The Bertz CT molecular complexity index is 583. The van der Waals surface area contributed by atoms with Gasteiger partial charge in [0.15, 0.2) is 0 Å². The SMILES string of the molecule is O=S(=O)(NC1CC1)C1CCOCC1Cc1ccc(Br)cc1. The normalized spacial score (nSPS) is 26.7. The lowest BCUT2D eigenvalue weighted by molar-refractivity contribution is 0.0570. The third kappa shape index (κ3) is 4.06. The van der Waals surface area contributed by atoms with Crippen molar-refractivity contribution in [3.63, 3.8) is 0 Å². The first-order chi connectivity index (χ1) is 10.0. The van der Waals surface area contributed by atoms with E-state index in [4.69, 9.17) is 4.74 Å². The number of nitrogens with one attached hydrogen (secondary N) is 1. The van der Waals surface area contributed by atoms with E-state index in [1.54, 1.807) is 0 Å². The molecule has 0 spiro atoms. The van der Waals surface area contributed by atoms with Gasteiger partial charge < -0.3 is 4.74 Å². The molecule has 1 aliphatic carbocycles. The highest BCUT2D eigenvalue weighted by molar-refractivity contribution is 9.10. The molecule has 2 fully saturated rings. The van der Waals surface area contributed by atoms with Crippen LogP contribution in [-0.2, 0) is 21.2 Å². The van der Waals surface area contributed by atoms with E-state index in [2.05, 4.69) is 20.7 Å². The maximum Gasteiger partial charge on any atom is 0.215 e. The van der Waals surface area contributed by atoms with Crippen LogP contribution >= 0.6 is 15.9 Å². The van der Waals surface area contributed by atoms with Gasteiger partial charge in [-0.05, 0) is 43.4 Å². The van der Waals surface area contributed by atoms with Crippen molar-refractivity contribution >= 4 is 26.0 Å². The minimum atomic E-state index is -3.24. The molecule has 1 saturated carbocycles. The van der Waals surface area contributed by atoms with Crippen molar-refractivity contribution in [2.45, 2.75) is 37.0 Å². The van der Waals surface area contributed by atoms with Crippen LogP contribution in [0.15, 0.2) is 28.7 Å². The number of sulfonamides is 1. The Morgan fingerprint density at radius 3 is 2.57 bits per heavy atom. The lowest BCUT2D eigenvalue weighted by atomic mass is 9.94. The van der Waals surface area contributed by atoms with E-state index in [-0.39, 0.29) is 17.2 Å². The molecular formula is C15H20BrNO3S. The lowest BCUT2D eigenvalue weighted by Gasteiger charge is -2.31. The third-order valence-electron chi connectivity index (χ3n) is 4.12. The van der Waals surface area contributed by atoms with Gasteiger partial charge >= 0.3 is 0 Å². The van der Waals surface area contributed by atoms with Crippen molar-refractivity contribution in [2.75, 3.05) is 13.2 Å². The summed E-state index contributed by atoms with van der Waals surface area (Å²) < 4.78 is 34.4. The Kier molecular flexibility index (Phi) is 4.69. The number of rotatable bonds is 5. The van der Waals surface area contributed by atoms with Crippen molar-refractivity contribution in [3.8, 4) is 0 Å². The van der Waals surface area contributed by atoms with Gasteiger partial charge in [0.2, 0.25) is 10.0 Å². The summed E-state index contributed by atoms with van der Waals surface area (Å²) in [6.45, 7) is 1.05. The summed E-state index contributed by atoms with van der Waals surface area (Å²) >= 11 is 3.42. The molecule has 21 heavy (non-hydrogen) atoms. The number of hydrogen-bond acceptors (Lipinski definition) is 3. The van der Waals surface area contributed by atoms with E-state index in [0.717, 1.165) is 29.3 Å². The summed E-state index contributed by atoms with van der Waals surface area (Å²) in [5.74, 6) is 0.0242. The second-order valence-electron chi connectivity index (χ2n) is 5.93. The van der Waals surface area contributed by atoms with Crippen LogP contribution in [0.5, 0.6) is 0 Å². The molecule has 1 aliphatic heterocycles. The number of ether oxygens (including phenoxy) is 1. The van der Waals surface area contributed by atoms with Crippen LogP contribution in [0.1, 0.15) is 24.8 Å². The van der Waals surface area contributed by atoms with Gasteiger partial charge in [-0.1, -0.05) is 28.1 Å². The van der Waals surface area contributed by atoms with Gasteiger partial charge in [-0.15, -0.1) is 0 Å². The Balaban J connectivity index is 1.72. The maximum atomic E-state index is 12.5. The van der Waals surface area contributed by atoms with Gasteiger partial charge in [-0.25, -0.2) is 13.1 Å². The Morgan fingerprint density at radius 1 is 1.19 bits per heavy atom. The average Bonchev–Trinajstić information content (AvgIpc) is 3.25. The zero-order valence-corrected chi connectivity index (χ0v) is 14.2. The first-order valence-electron chi connectivity index (χ1n) is 7.38. The van der Waals surface area contributed by atoms with Crippen LogP contribution in [-0.4, -0.2) is 32.9 Å². The van der Waals surface area contributed by atoms with E-state index in [1.165, 1.54) is 0 Å². The van der Waals surface area contributed by atoms with Crippen LogP contribution in [0, 0.1) is 5.92 Å². The fourth-order valence-electron chi connectivity index (χ4n) is 2.82. The summed E-state index contributed by atoms with van der Waals surface area (Å²) in [6.07, 6.45) is 3.27. The standard InChI is InChI=1S/C15H20BrNO3S/c16-13-3-1-11(2-4-13)9-12-10-20-8-7-15(12)21(18,19)17-14-5-6-14/h1-4,12,14-15,17H,5-10H2. The maximum absolute atomic E-state index is 12.5. The van der Waals surface area contributed by atoms with Gasteiger partial charge in [-0.3, -0.25) is 0 Å². The zero-order chi connectivity index (χ0) is 14.9. The smallest absolute Gasteiger partial charge is 0.215 e. The molecule has 4 nitrogen and oxygen atoms in total. The fraction of sp³-hybridized carbons (Fsp3) is 0.600. The third-order valence-corrected chi connectivity index (χ3v) is 6.73. The van der Waals surface area contributed by atoms with Crippen molar-refractivity contribution in [2.24, 2.45) is 5.92 Å². The van der Waals surface area contributed by atoms with E-state index in [1.807, 2.05) is 24.3 Å². The van der Waals surface area contributed by atoms with Crippen LogP contribution in [0.4, 0.5) is 0 Å². The molecule has 0 bridgehead atoms. The predicted octanol–water partition coefficient (Wildman–Crippen LogP) is 2.48. The summed E-state index contributed by atoms with van der Waals surface area (Å²) in [6, 6.07) is 8.23. The lowest BCUT2D eigenvalue weighted by Crippen LogP contribution is -2.45. The highest BCUT2D eigenvalue weighted by Gasteiger charge is 2.39. The largest absolute Gasteiger partial charge is 0.381 e. The summed E-state index contributed by atoms with van der Waals surface area (Å²) in [4.78, 5) is 0. The molecule has 2 unspecified atom stereocenters. The van der Waals surface area contributed by atoms with E-state index < -0.39 is 10.0 Å². The van der Waals surface area contributed by atoms with Gasteiger partial charge in [0.1, 0.15) is 0 Å². The van der Waals surface area contributed by atoms with E-state index in [0.29, 0.717) is 19.6 Å². The van der Waals surface area contributed by atoms with Crippen LogP contribution in [0.25, 0.3) is 0 Å². The van der Waals surface area contributed by atoms with Crippen molar-refractivity contribution in [3.05, 3.63) is 34.3 Å². The minimum absolute atomic E-state index is 0.0242. The van der Waals surface area contributed by atoms with Crippen molar-refractivity contribution in [1.82, 2.24) is 4.72 Å². The first-order valence-corrected chi connectivity index (χ1v) is 9.72. The molecule has 6 heteroatoms. The van der Waals surface area contributed by atoms with Crippen LogP contribution in [0.3, 0.4) is 0 Å². The Labute approximate surface area is 134 Å². The van der Waals surface area contributed by atoms with Crippen LogP contribution in [0.2, 0.25) is 0 Å². The summed E-state index contributed by atoms with van der Waals surface area (Å²) in [7, 11) is -3.24. The highest BCUT2D eigenvalue weighted by atomic mass is 79.9. The van der Waals surface area contributed by atoms with Crippen molar-refractivity contribution in [1.29, 1.82) is 0 Å². The summed E-state index contributed by atoms with van der Waals surface area (Å²) in [5.41, 5.74) is 1.15.